The lowest BCUT2D eigenvalue weighted by atomic mass is 9.80. The summed E-state index contributed by atoms with van der Waals surface area (Å²) in [5.41, 5.74) is 1.25. The van der Waals surface area contributed by atoms with E-state index in [1.165, 1.54) is 31.2 Å². The average Bonchev–Trinajstić information content (AvgIpc) is 2.67. The van der Waals surface area contributed by atoms with E-state index in [0.29, 0.717) is 0 Å². The van der Waals surface area contributed by atoms with Gasteiger partial charge in [0.05, 0.1) is 12.8 Å². The summed E-state index contributed by atoms with van der Waals surface area (Å²) in [6.45, 7) is 6.51. The summed E-state index contributed by atoms with van der Waals surface area (Å²) in [4.78, 5) is 0. The van der Waals surface area contributed by atoms with Gasteiger partial charge in [-0.1, -0.05) is 26.2 Å². The number of nitrogens with one attached hydrogen (secondary N) is 1. The Morgan fingerprint density at radius 2 is 2.19 bits per heavy atom. The van der Waals surface area contributed by atoms with E-state index in [2.05, 4.69) is 19.2 Å². The van der Waals surface area contributed by atoms with Crippen LogP contribution in [0.3, 0.4) is 0 Å². The average molecular weight is 221 g/mol. The maximum Gasteiger partial charge on any atom is 0.120 e. The molecule has 0 saturated heterocycles. The fourth-order valence-corrected chi connectivity index (χ4v) is 2.65. The highest BCUT2D eigenvalue weighted by molar-refractivity contribution is 5.14. The molecule has 2 heteroatoms. The number of furan rings is 1. The molecule has 0 bridgehead atoms. The molecule has 1 saturated carbocycles. The van der Waals surface area contributed by atoms with E-state index in [9.17, 15) is 0 Å². The third-order valence-corrected chi connectivity index (χ3v) is 3.95. The minimum absolute atomic E-state index is 0.865. The van der Waals surface area contributed by atoms with Gasteiger partial charge < -0.3 is 9.73 Å². The Hall–Kier alpha value is -0.760. The largest absolute Gasteiger partial charge is 0.468 e. The van der Waals surface area contributed by atoms with Gasteiger partial charge in [0.15, 0.2) is 0 Å². The van der Waals surface area contributed by atoms with Crippen molar-refractivity contribution in [2.45, 2.75) is 46.1 Å². The smallest absolute Gasteiger partial charge is 0.120 e. The Labute approximate surface area is 98.4 Å². The van der Waals surface area contributed by atoms with Crippen LogP contribution in [0.2, 0.25) is 0 Å². The zero-order chi connectivity index (χ0) is 11.4. The van der Waals surface area contributed by atoms with Gasteiger partial charge in [-0.05, 0) is 43.4 Å². The van der Waals surface area contributed by atoms with Gasteiger partial charge in [-0.15, -0.1) is 0 Å². The normalized spacial score (nSPS) is 25.9. The highest BCUT2D eigenvalue weighted by Crippen LogP contribution is 2.28. The Bertz CT molecular complexity index is 318. The Kier molecular flexibility index (Phi) is 4.05. The second kappa shape index (κ2) is 5.53. The van der Waals surface area contributed by atoms with Gasteiger partial charge in [-0.3, -0.25) is 0 Å². The van der Waals surface area contributed by atoms with E-state index >= 15 is 0 Å². The molecule has 1 aromatic rings. The van der Waals surface area contributed by atoms with Crippen LogP contribution in [0.1, 0.15) is 43.9 Å². The molecule has 1 aromatic heterocycles. The lowest BCUT2D eigenvalue weighted by Gasteiger charge is -2.28. The molecule has 1 aliphatic rings. The molecular weight excluding hydrogens is 198 g/mol. The molecule has 1 N–H and O–H groups in total. The van der Waals surface area contributed by atoms with Crippen LogP contribution in [-0.4, -0.2) is 6.54 Å². The zero-order valence-electron chi connectivity index (χ0n) is 10.5. The summed E-state index contributed by atoms with van der Waals surface area (Å²) in [5.74, 6) is 2.84. The Morgan fingerprint density at radius 3 is 2.88 bits per heavy atom. The van der Waals surface area contributed by atoms with E-state index in [-0.39, 0.29) is 0 Å². The summed E-state index contributed by atoms with van der Waals surface area (Å²) in [6, 6.07) is 2.03. The SMILES string of the molecule is Cc1ccoc1CNCC1CCCCC1C. The first kappa shape index (κ1) is 11.7. The summed E-state index contributed by atoms with van der Waals surface area (Å²) in [7, 11) is 0. The lowest BCUT2D eigenvalue weighted by molar-refractivity contribution is 0.246. The fourth-order valence-electron chi connectivity index (χ4n) is 2.65. The molecule has 0 amide bonds. The highest BCUT2D eigenvalue weighted by atomic mass is 16.3. The van der Waals surface area contributed by atoms with Crippen molar-refractivity contribution in [3.8, 4) is 0 Å². The minimum Gasteiger partial charge on any atom is -0.468 e. The molecule has 16 heavy (non-hydrogen) atoms. The van der Waals surface area contributed by atoms with E-state index < -0.39 is 0 Å². The predicted octanol–water partition coefficient (Wildman–Crippen LogP) is 3.50. The summed E-state index contributed by atoms with van der Waals surface area (Å²) >= 11 is 0. The number of aryl methyl sites for hydroxylation is 1. The van der Waals surface area contributed by atoms with Crippen molar-refractivity contribution in [1.29, 1.82) is 0 Å². The van der Waals surface area contributed by atoms with E-state index in [4.69, 9.17) is 4.42 Å². The second-order valence-corrected chi connectivity index (χ2v) is 5.18. The maximum atomic E-state index is 5.42. The van der Waals surface area contributed by atoms with Crippen LogP contribution in [0.4, 0.5) is 0 Å². The van der Waals surface area contributed by atoms with Crippen molar-refractivity contribution in [3.63, 3.8) is 0 Å². The molecule has 0 spiro atoms. The van der Waals surface area contributed by atoms with Gasteiger partial charge in [0.25, 0.3) is 0 Å². The number of rotatable bonds is 4. The fraction of sp³-hybridized carbons (Fsp3) is 0.714. The molecule has 2 atom stereocenters. The monoisotopic (exact) mass is 221 g/mol. The zero-order valence-corrected chi connectivity index (χ0v) is 10.5. The van der Waals surface area contributed by atoms with Crippen LogP contribution < -0.4 is 5.32 Å². The summed E-state index contributed by atoms with van der Waals surface area (Å²) in [5, 5.41) is 3.54. The molecular formula is C14H23NO. The van der Waals surface area contributed by atoms with Gasteiger partial charge in [0.1, 0.15) is 5.76 Å². The van der Waals surface area contributed by atoms with Crippen LogP contribution in [0.15, 0.2) is 16.7 Å². The van der Waals surface area contributed by atoms with Gasteiger partial charge in [0.2, 0.25) is 0 Å². The first-order valence-corrected chi connectivity index (χ1v) is 6.51. The summed E-state index contributed by atoms with van der Waals surface area (Å²) in [6.07, 6.45) is 7.42. The first-order valence-electron chi connectivity index (χ1n) is 6.51. The first-order chi connectivity index (χ1) is 7.77. The van der Waals surface area contributed by atoms with Crippen LogP contribution in [-0.2, 0) is 6.54 Å². The van der Waals surface area contributed by atoms with Crippen molar-refractivity contribution in [2.75, 3.05) is 6.54 Å². The molecule has 0 radical (unpaired) electrons. The molecule has 90 valence electrons. The molecule has 1 heterocycles. The van der Waals surface area contributed by atoms with Crippen molar-refractivity contribution >= 4 is 0 Å². The highest BCUT2D eigenvalue weighted by Gasteiger charge is 2.20. The lowest BCUT2D eigenvalue weighted by Crippen LogP contribution is -2.29. The van der Waals surface area contributed by atoms with E-state index in [1.807, 2.05) is 6.07 Å². The van der Waals surface area contributed by atoms with Gasteiger partial charge in [-0.25, -0.2) is 0 Å². The molecule has 2 nitrogen and oxygen atoms in total. The minimum atomic E-state index is 0.865. The third kappa shape index (κ3) is 2.88. The Balaban J connectivity index is 1.73. The molecule has 1 fully saturated rings. The number of hydrogen-bond donors (Lipinski definition) is 1. The second-order valence-electron chi connectivity index (χ2n) is 5.18. The molecule has 0 aliphatic heterocycles. The van der Waals surface area contributed by atoms with Crippen LogP contribution in [0.25, 0.3) is 0 Å². The number of hydrogen-bond acceptors (Lipinski definition) is 2. The van der Waals surface area contributed by atoms with E-state index in [1.54, 1.807) is 6.26 Å². The van der Waals surface area contributed by atoms with Crippen LogP contribution in [0, 0.1) is 18.8 Å². The maximum absolute atomic E-state index is 5.42. The standard InChI is InChI=1S/C14H23NO/c1-11-5-3-4-6-13(11)9-15-10-14-12(2)7-8-16-14/h7-8,11,13,15H,3-6,9-10H2,1-2H3. The molecule has 2 rings (SSSR count). The van der Waals surface area contributed by atoms with Crippen LogP contribution in [0.5, 0.6) is 0 Å². The summed E-state index contributed by atoms with van der Waals surface area (Å²) < 4.78 is 5.42. The third-order valence-electron chi connectivity index (χ3n) is 3.95. The van der Waals surface area contributed by atoms with Gasteiger partial charge in [0, 0.05) is 0 Å². The topological polar surface area (TPSA) is 25.2 Å². The van der Waals surface area contributed by atoms with Gasteiger partial charge >= 0.3 is 0 Å². The van der Waals surface area contributed by atoms with Crippen molar-refractivity contribution in [2.24, 2.45) is 11.8 Å². The van der Waals surface area contributed by atoms with Crippen molar-refractivity contribution < 1.29 is 4.42 Å². The van der Waals surface area contributed by atoms with Gasteiger partial charge in [-0.2, -0.15) is 0 Å². The molecule has 2 unspecified atom stereocenters. The molecule has 1 aliphatic carbocycles. The van der Waals surface area contributed by atoms with E-state index in [0.717, 1.165) is 30.7 Å². The quantitative estimate of drug-likeness (QED) is 0.841. The Morgan fingerprint density at radius 1 is 1.38 bits per heavy atom. The molecule has 0 aromatic carbocycles. The van der Waals surface area contributed by atoms with Crippen molar-refractivity contribution in [3.05, 3.63) is 23.7 Å². The predicted molar refractivity (Wildman–Crippen MR) is 66.3 cm³/mol. The van der Waals surface area contributed by atoms with Crippen molar-refractivity contribution in [1.82, 2.24) is 5.32 Å². The van der Waals surface area contributed by atoms with Crippen LogP contribution >= 0.6 is 0 Å².